The van der Waals surface area contributed by atoms with Crippen molar-refractivity contribution in [1.82, 2.24) is 16.0 Å². The van der Waals surface area contributed by atoms with E-state index in [0.29, 0.717) is 11.3 Å². The number of amides is 4. The van der Waals surface area contributed by atoms with Gasteiger partial charge in [0.15, 0.2) is 5.96 Å². The number of hydrogen-bond donors (Lipinski definition) is 9. The third-order valence-corrected chi connectivity index (χ3v) is 6.50. The molecule has 0 spiro atoms. The second-order valence-corrected chi connectivity index (χ2v) is 10.2. The number of thioether (sulfide) groups is 1. The minimum Gasteiger partial charge on any atom is -0.508 e. The Morgan fingerprint density at radius 1 is 0.878 bits per heavy atom. The van der Waals surface area contributed by atoms with Crippen LogP contribution in [0.25, 0.3) is 0 Å². The smallest absolute Gasteiger partial charge is 0.326 e. The number of aliphatic imine (C=N–C) groups is 1. The van der Waals surface area contributed by atoms with Crippen molar-refractivity contribution in [2.45, 2.75) is 62.7 Å². The van der Waals surface area contributed by atoms with Crippen LogP contribution in [0.4, 0.5) is 0 Å². The lowest BCUT2D eigenvalue weighted by Gasteiger charge is -2.25. The number of guanidine groups is 1. The van der Waals surface area contributed by atoms with Gasteiger partial charge in [-0.15, -0.1) is 0 Å². The second kappa shape index (κ2) is 18.3. The molecule has 16 heteroatoms. The van der Waals surface area contributed by atoms with Crippen LogP contribution < -0.4 is 38.9 Å². The first-order valence-corrected chi connectivity index (χ1v) is 14.2. The van der Waals surface area contributed by atoms with Crippen molar-refractivity contribution in [1.29, 1.82) is 0 Å². The number of nitrogens with one attached hydrogen (secondary N) is 3. The van der Waals surface area contributed by atoms with E-state index < -0.39 is 53.8 Å². The number of benzene rings is 1. The first-order valence-electron chi connectivity index (χ1n) is 12.8. The maximum absolute atomic E-state index is 13.4. The van der Waals surface area contributed by atoms with Gasteiger partial charge in [-0.3, -0.25) is 24.2 Å². The van der Waals surface area contributed by atoms with Crippen molar-refractivity contribution in [2.75, 3.05) is 18.6 Å². The number of carboxylic acid groups (broad SMARTS) is 1. The van der Waals surface area contributed by atoms with E-state index in [1.807, 2.05) is 0 Å². The van der Waals surface area contributed by atoms with Crippen LogP contribution in [-0.2, 0) is 30.4 Å². The van der Waals surface area contributed by atoms with Gasteiger partial charge in [0.2, 0.25) is 23.6 Å². The van der Waals surface area contributed by atoms with Crippen molar-refractivity contribution in [3.63, 3.8) is 0 Å². The molecule has 4 atom stereocenters. The minimum absolute atomic E-state index is 0.00183. The number of carbonyl (C=O) groups excluding carboxylic acids is 4. The topological polar surface area (TPSA) is 278 Å². The lowest BCUT2D eigenvalue weighted by molar-refractivity contribution is -0.142. The number of phenolic OH excluding ortho intramolecular Hbond substituents is 1. The number of rotatable bonds is 19. The Balaban J connectivity index is 3.17. The molecule has 0 aromatic heterocycles. The Labute approximate surface area is 242 Å². The predicted molar refractivity (Wildman–Crippen MR) is 155 cm³/mol. The van der Waals surface area contributed by atoms with Gasteiger partial charge in [-0.1, -0.05) is 12.1 Å². The van der Waals surface area contributed by atoms with Crippen LogP contribution in [0.1, 0.15) is 37.7 Å². The van der Waals surface area contributed by atoms with Gasteiger partial charge in [0.1, 0.15) is 23.9 Å². The number of primary amides is 1. The van der Waals surface area contributed by atoms with Gasteiger partial charge in [-0.25, -0.2) is 4.79 Å². The molecule has 0 radical (unpaired) electrons. The van der Waals surface area contributed by atoms with Crippen LogP contribution in [-0.4, -0.2) is 88.5 Å². The van der Waals surface area contributed by atoms with E-state index in [1.54, 1.807) is 18.4 Å². The molecule has 0 fully saturated rings. The molecule has 1 aromatic carbocycles. The van der Waals surface area contributed by atoms with Gasteiger partial charge < -0.3 is 49.1 Å². The lowest BCUT2D eigenvalue weighted by atomic mass is 10.0. The van der Waals surface area contributed by atoms with E-state index in [-0.39, 0.29) is 56.8 Å². The number of aromatic hydroxyl groups is 1. The van der Waals surface area contributed by atoms with Gasteiger partial charge >= 0.3 is 5.97 Å². The normalized spacial score (nSPS) is 13.6. The predicted octanol–water partition coefficient (Wildman–Crippen LogP) is -2.13. The van der Waals surface area contributed by atoms with E-state index in [2.05, 4.69) is 20.9 Å². The Morgan fingerprint density at radius 3 is 2.02 bits per heavy atom. The largest absolute Gasteiger partial charge is 0.508 e. The Kier molecular flexibility index (Phi) is 15.6. The van der Waals surface area contributed by atoms with Gasteiger partial charge in [-0.2, -0.15) is 11.8 Å². The molecule has 0 heterocycles. The molecule has 4 amide bonds. The molecule has 1 rings (SSSR count). The molecular formula is C25H40N8O7S. The molecule has 41 heavy (non-hydrogen) atoms. The summed E-state index contributed by atoms with van der Waals surface area (Å²) in [7, 11) is 0. The number of carboxylic acids is 1. The summed E-state index contributed by atoms with van der Waals surface area (Å²) < 4.78 is 0. The first kappa shape index (κ1) is 35.0. The molecule has 0 saturated heterocycles. The highest BCUT2D eigenvalue weighted by Gasteiger charge is 2.30. The van der Waals surface area contributed by atoms with Crippen LogP contribution in [0.3, 0.4) is 0 Å². The average molecular weight is 597 g/mol. The maximum atomic E-state index is 13.4. The lowest BCUT2D eigenvalue weighted by Crippen LogP contribution is -2.57. The standard InChI is InChI=1S/C25H40N8O7S/c1-41-12-10-18(24(39)40)32-23(38)19(13-14-4-6-15(34)7-5-14)33-22(37)17(3-2-11-30-25(28)29)31-21(36)16(26)8-9-20(27)35/h4-7,16-19,34H,2-3,8-13,26H2,1H3,(H2,27,35)(H,31,36)(H,32,38)(H,33,37)(H,39,40)(H4,28,29,30). The summed E-state index contributed by atoms with van der Waals surface area (Å²) in [6.07, 6.45) is 2.09. The molecule has 0 saturated carbocycles. The van der Waals surface area contributed by atoms with Crippen molar-refractivity contribution in [3.05, 3.63) is 29.8 Å². The van der Waals surface area contributed by atoms with Crippen LogP contribution >= 0.6 is 11.8 Å². The van der Waals surface area contributed by atoms with E-state index in [4.69, 9.17) is 22.9 Å². The van der Waals surface area contributed by atoms with E-state index in [9.17, 15) is 34.2 Å². The molecule has 0 aliphatic carbocycles. The van der Waals surface area contributed by atoms with Crippen molar-refractivity contribution < 1.29 is 34.2 Å². The van der Waals surface area contributed by atoms with Crippen molar-refractivity contribution >= 4 is 47.3 Å². The summed E-state index contributed by atoms with van der Waals surface area (Å²) >= 11 is 1.42. The van der Waals surface area contributed by atoms with Crippen molar-refractivity contribution in [2.24, 2.45) is 27.9 Å². The molecule has 0 bridgehead atoms. The molecule has 0 aliphatic heterocycles. The zero-order valence-electron chi connectivity index (χ0n) is 22.9. The highest BCUT2D eigenvalue weighted by molar-refractivity contribution is 7.98. The summed E-state index contributed by atoms with van der Waals surface area (Å²) in [5, 5.41) is 26.7. The van der Waals surface area contributed by atoms with Gasteiger partial charge in [0.25, 0.3) is 0 Å². The summed E-state index contributed by atoms with van der Waals surface area (Å²) in [6.45, 7) is 0.156. The van der Waals surface area contributed by atoms with E-state index in [1.165, 1.54) is 23.9 Å². The molecule has 1 aromatic rings. The van der Waals surface area contributed by atoms with Gasteiger partial charge in [0, 0.05) is 19.4 Å². The Morgan fingerprint density at radius 2 is 1.46 bits per heavy atom. The van der Waals surface area contributed by atoms with E-state index >= 15 is 0 Å². The SMILES string of the molecule is CSCCC(NC(=O)C(Cc1ccc(O)cc1)NC(=O)C(CCCN=C(N)N)NC(=O)C(N)CCC(N)=O)C(=O)O. The monoisotopic (exact) mass is 596 g/mol. The highest BCUT2D eigenvalue weighted by Crippen LogP contribution is 2.13. The number of aliphatic carboxylic acids is 1. The minimum atomic E-state index is -1.23. The number of nitrogens with two attached hydrogens (primary N) is 4. The van der Waals surface area contributed by atoms with Gasteiger partial charge in [-0.05, 0) is 55.4 Å². The fourth-order valence-corrected chi connectivity index (χ4v) is 4.07. The fourth-order valence-electron chi connectivity index (χ4n) is 3.59. The average Bonchev–Trinajstić information content (AvgIpc) is 2.91. The molecular weight excluding hydrogens is 556 g/mol. The first-order chi connectivity index (χ1) is 19.3. The van der Waals surface area contributed by atoms with Crippen LogP contribution in [0.15, 0.2) is 29.3 Å². The third-order valence-electron chi connectivity index (χ3n) is 5.85. The zero-order chi connectivity index (χ0) is 30.9. The Bertz CT molecular complexity index is 1070. The highest BCUT2D eigenvalue weighted by atomic mass is 32.2. The van der Waals surface area contributed by atoms with Crippen molar-refractivity contribution in [3.8, 4) is 5.75 Å². The molecule has 15 nitrogen and oxygen atoms in total. The second-order valence-electron chi connectivity index (χ2n) is 9.23. The number of carbonyl (C=O) groups is 5. The van der Waals surface area contributed by atoms with Crippen LogP contribution in [0.5, 0.6) is 5.75 Å². The van der Waals surface area contributed by atoms with Gasteiger partial charge in [0.05, 0.1) is 6.04 Å². The molecule has 4 unspecified atom stereocenters. The van der Waals surface area contributed by atoms with Crippen LogP contribution in [0, 0.1) is 0 Å². The summed E-state index contributed by atoms with van der Waals surface area (Å²) in [6, 6.07) is 1.21. The zero-order valence-corrected chi connectivity index (χ0v) is 23.7. The maximum Gasteiger partial charge on any atom is 0.326 e. The molecule has 0 aliphatic rings. The fraction of sp³-hybridized carbons (Fsp3) is 0.520. The summed E-state index contributed by atoms with van der Waals surface area (Å²) in [5.41, 5.74) is 22.2. The number of phenols is 1. The Hall–Kier alpha value is -4.05. The number of hydrogen-bond acceptors (Lipinski definition) is 9. The number of nitrogens with zero attached hydrogens (tertiary/aromatic N) is 1. The summed E-state index contributed by atoms with van der Waals surface area (Å²) in [4.78, 5) is 65.9. The van der Waals surface area contributed by atoms with E-state index in [0.717, 1.165) is 0 Å². The van der Waals surface area contributed by atoms with Crippen LogP contribution in [0.2, 0.25) is 0 Å². The summed E-state index contributed by atoms with van der Waals surface area (Å²) in [5.74, 6) is -3.73. The quantitative estimate of drug-likeness (QED) is 0.0472. The molecule has 228 valence electrons. The third kappa shape index (κ3) is 14.2. The molecule has 13 N–H and O–H groups in total.